The van der Waals surface area contributed by atoms with Crippen molar-refractivity contribution in [2.24, 2.45) is 5.92 Å². The molecule has 2 unspecified atom stereocenters. The van der Waals surface area contributed by atoms with Crippen LogP contribution in [0.1, 0.15) is 48.2 Å². The van der Waals surface area contributed by atoms with Gasteiger partial charge >= 0.3 is 0 Å². The lowest BCUT2D eigenvalue weighted by Crippen LogP contribution is -2.36. The Bertz CT molecular complexity index is 449. The molecule has 3 heteroatoms. The van der Waals surface area contributed by atoms with E-state index >= 15 is 0 Å². The van der Waals surface area contributed by atoms with Crippen LogP contribution in [0.4, 0.5) is 0 Å². The van der Waals surface area contributed by atoms with Crippen molar-refractivity contribution in [1.82, 2.24) is 9.47 Å². The molecule has 0 radical (unpaired) electrons. The normalized spacial score (nSPS) is 28.6. The summed E-state index contributed by atoms with van der Waals surface area (Å²) < 4.78 is 2.14. The summed E-state index contributed by atoms with van der Waals surface area (Å²) in [6.07, 6.45) is 6.12. The van der Waals surface area contributed by atoms with E-state index in [1.54, 1.807) is 0 Å². The predicted octanol–water partition coefficient (Wildman–Crippen LogP) is 2.48. The zero-order valence-electron chi connectivity index (χ0n) is 10.6. The molecule has 0 aromatic carbocycles. The average Bonchev–Trinajstić information content (AvgIpc) is 2.90. The number of nitrogens with zero attached hydrogens (tertiary/aromatic N) is 2. The minimum atomic E-state index is 0.175. The van der Waals surface area contributed by atoms with E-state index in [-0.39, 0.29) is 5.91 Å². The van der Waals surface area contributed by atoms with Crippen molar-refractivity contribution in [3.8, 4) is 0 Å². The van der Waals surface area contributed by atoms with E-state index in [1.807, 2.05) is 11.9 Å². The van der Waals surface area contributed by atoms with E-state index in [2.05, 4.69) is 23.8 Å². The van der Waals surface area contributed by atoms with Gasteiger partial charge in [-0.25, -0.2) is 0 Å². The molecule has 1 aromatic heterocycles. The topological polar surface area (TPSA) is 25.2 Å². The number of rotatable bonds is 1. The third-order valence-corrected chi connectivity index (χ3v) is 4.33. The van der Waals surface area contributed by atoms with E-state index in [0.29, 0.717) is 5.92 Å². The van der Waals surface area contributed by atoms with Gasteiger partial charge in [-0.3, -0.25) is 4.79 Å². The molecule has 2 heterocycles. The molecule has 0 saturated heterocycles. The molecule has 17 heavy (non-hydrogen) atoms. The molecule has 0 spiro atoms. The van der Waals surface area contributed by atoms with Crippen molar-refractivity contribution < 1.29 is 4.79 Å². The van der Waals surface area contributed by atoms with Gasteiger partial charge in [-0.05, 0) is 36.3 Å². The first-order valence-corrected chi connectivity index (χ1v) is 6.60. The largest absolute Gasteiger partial charge is 0.341 e. The summed E-state index contributed by atoms with van der Waals surface area (Å²) >= 11 is 0. The third-order valence-electron chi connectivity index (χ3n) is 4.33. The zero-order chi connectivity index (χ0) is 12.0. The molecule has 92 valence electrons. The fourth-order valence-corrected chi connectivity index (χ4v) is 3.19. The Labute approximate surface area is 102 Å². The van der Waals surface area contributed by atoms with Crippen molar-refractivity contribution in [1.29, 1.82) is 0 Å². The van der Waals surface area contributed by atoms with Crippen molar-refractivity contribution in [3.05, 3.63) is 23.5 Å². The van der Waals surface area contributed by atoms with Gasteiger partial charge in [0.2, 0.25) is 0 Å². The summed E-state index contributed by atoms with van der Waals surface area (Å²) in [4.78, 5) is 13.8. The number of hydrogen-bond donors (Lipinski definition) is 0. The van der Waals surface area contributed by atoms with Gasteiger partial charge in [0.15, 0.2) is 0 Å². The lowest BCUT2D eigenvalue weighted by molar-refractivity contribution is 0.0749. The second kappa shape index (κ2) is 3.90. The molecule has 2 atom stereocenters. The summed E-state index contributed by atoms with van der Waals surface area (Å²) in [5.74, 6) is 1.70. The molecule has 1 aliphatic heterocycles. The molecule has 0 bridgehead atoms. The molecule has 2 aliphatic rings. The highest BCUT2D eigenvalue weighted by molar-refractivity contribution is 5.93. The van der Waals surface area contributed by atoms with Gasteiger partial charge in [-0.2, -0.15) is 0 Å². The standard InChI is InChI=1S/C14H20N2O/c1-10-3-4-11(7-10)12-8-13-14(17)15(2)5-6-16(13)9-12/h8-11H,3-7H2,1-2H3. The molecular formula is C14H20N2O. The molecule has 3 nitrogen and oxygen atoms in total. The fourth-order valence-electron chi connectivity index (χ4n) is 3.19. The number of aromatic nitrogens is 1. The Morgan fingerprint density at radius 3 is 2.82 bits per heavy atom. The molecule has 1 aliphatic carbocycles. The van der Waals surface area contributed by atoms with Crippen molar-refractivity contribution in [2.75, 3.05) is 13.6 Å². The van der Waals surface area contributed by atoms with Crippen LogP contribution in [0.5, 0.6) is 0 Å². The fraction of sp³-hybridized carbons (Fsp3) is 0.643. The summed E-state index contributed by atoms with van der Waals surface area (Å²) in [7, 11) is 1.89. The van der Waals surface area contributed by atoms with Crippen LogP contribution < -0.4 is 0 Å². The van der Waals surface area contributed by atoms with E-state index in [9.17, 15) is 4.79 Å². The van der Waals surface area contributed by atoms with Gasteiger partial charge in [0.05, 0.1) is 0 Å². The number of fused-ring (bicyclic) bond motifs is 1. The van der Waals surface area contributed by atoms with E-state index in [0.717, 1.165) is 24.7 Å². The monoisotopic (exact) mass is 232 g/mol. The van der Waals surface area contributed by atoms with Crippen LogP contribution in [0, 0.1) is 5.92 Å². The highest BCUT2D eigenvalue weighted by Crippen LogP contribution is 2.38. The van der Waals surface area contributed by atoms with Gasteiger partial charge in [0.25, 0.3) is 5.91 Å². The maximum Gasteiger partial charge on any atom is 0.270 e. The maximum absolute atomic E-state index is 12.0. The minimum Gasteiger partial charge on any atom is -0.341 e. The lowest BCUT2D eigenvalue weighted by Gasteiger charge is -2.24. The smallest absolute Gasteiger partial charge is 0.270 e. The molecule has 1 fully saturated rings. The molecular weight excluding hydrogens is 212 g/mol. The quantitative estimate of drug-likeness (QED) is 0.730. The van der Waals surface area contributed by atoms with Crippen LogP contribution >= 0.6 is 0 Å². The highest BCUT2D eigenvalue weighted by Gasteiger charge is 2.28. The summed E-state index contributed by atoms with van der Waals surface area (Å²) in [5, 5.41) is 0. The Morgan fingerprint density at radius 1 is 1.29 bits per heavy atom. The molecule has 1 saturated carbocycles. The zero-order valence-corrected chi connectivity index (χ0v) is 10.6. The molecule has 1 aromatic rings. The van der Waals surface area contributed by atoms with Crippen LogP contribution in [0.2, 0.25) is 0 Å². The average molecular weight is 232 g/mol. The first kappa shape index (κ1) is 10.9. The number of carbonyl (C=O) groups excluding carboxylic acids is 1. The van der Waals surface area contributed by atoms with Crippen LogP contribution in [0.15, 0.2) is 12.3 Å². The SMILES string of the molecule is CC1CCC(c2cc3n(c2)CCN(C)C3=O)C1. The Hall–Kier alpha value is -1.25. The van der Waals surface area contributed by atoms with Crippen molar-refractivity contribution >= 4 is 5.91 Å². The van der Waals surface area contributed by atoms with Gasteiger partial charge < -0.3 is 9.47 Å². The van der Waals surface area contributed by atoms with Gasteiger partial charge in [0.1, 0.15) is 5.69 Å². The molecule has 0 N–H and O–H groups in total. The Balaban J connectivity index is 1.89. The molecule has 1 amide bonds. The Kier molecular flexibility index (Phi) is 2.49. The van der Waals surface area contributed by atoms with Crippen LogP contribution in [0.3, 0.4) is 0 Å². The lowest BCUT2D eigenvalue weighted by atomic mass is 9.99. The van der Waals surface area contributed by atoms with Crippen LogP contribution in [-0.2, 0) is 6.54 Å². The summed E-state index contributed by atoms with van der Waals surface area (Å²) in [6.45, 7) is 4.11. The second-order valence-corrected chi connectivity index (χ2v) is 5.69. The predicted molar refractivity (Wildman–Crippen MR) is 67.1 cm³/mol. The second-order valence-electron chi connectivity index (χ2n) is 5.69. The maximum atomic E-state index is 12.0. The number of hydrogen-bond acceptors (Lipinski definition) is 1. The van der Waals surface area contributed by atoms with E-state index in [1.165, 1.54) is 24.8 Å². The van der Waals surface area contributed by atoms with Gasteiger partial charge in [-0.1, -0.05) is 13.3 Å². The number of likely N-dealkylation sites (N-methyl/N-ethyl adjacent to an activating group) is 1. The third kappa shape index (κ3) is 1.78. The van der Waals surface area contributed by atoms with Crippen LogP contribution in [0.25, 0.3) is 0 Å². The summed E-state index contributed by atoms with van der Waals surface area (Å²) in [5.41, 5.74) is 2.27. The van der Waals surface area contributed by atoms with Gasteiger partial charge in [-0.15, -0.1) is 0 Å². The van der Waals surface area contributed by atoms with Crippen LogP contribution in [-0.4, -0.2) is 29.0 Å². The van der Waals surface area contributed by atoms with E-state index in [4.69, 9.17) is 0 Å². The minimum absolute atomic E-state index is 0.175. The van der Waals surface area contributed by atoms with Gasteiger partial charge in [0, 0.05) is 26.3 Å². The molecule has 3 rings (SSSR count). The van der Waals surface area contributed by atoms with Crippen molar-refractivity contribution in [2.45, 2.75) is 38.6 Å². The first-order chi connectivity index (χ1) is 8.15. The number of carbonyl (C=O) groups is 1. The summed E-state index contributed by atoms with van der Waals surface area (Å²) in [6, 6.07) is 2.13. The number of amides is 1. The Morgan fingerprint density at radius 2 is 2.12 bits per heavy atom. The highest BCUT2D eigenvalue weighted by atomic mass is 16.2. The first-order valence-electron chi connectivity index (χ1n) is 6.60. The van der Waals surface area contributed by atoms with E-state index < -0.39 is 0 Å². The van der Waals surface area contributed by atoms with Crippen molar-refractivity contribution in [3.63, 3.8) is 0 Å².